The van der Waals surface area contributed by atoms with E-state index < -0.39 is 0 Å². The highest BCUT2D eigenvalue weighted by Gasteiger charge is 2.13. The van der Waals surface area contributed by atoms with Gasteiger partial charge in [-0.2, -0.15) is 0 Å². The van der Waals surface area contributed by atoms with E-state index in [9.17, 15) is 0 Å². The molecule has 0 aliphatic heterocycles. The lowest BCUT2D eigenvalue weighted by Crippen LogP contribution is -2.04. The van der Waals surface area contributed by atoms with E-state index in [1.165, 1.54) is 11.8 Å². The van der Waals surface area contributed by atoms with Gasteiger partial charge in [-0.3, -0.25) is 0 Å². The van der Waals surface area contributed by atoms with Crippen molar-refractivity contribution in [2.24, 2.45) is 7.05 Å². The van der Waals surface area contributed by atoms with Gasteiger partial charge in [-0.05, 0) is 24.3 Å². The fourth-order valence-electron chi connectivity index (χ4n) is 2.53. The first-order chi connectivity index (χ1) is 13.7. The van der Waals surface area contributed by atoms with Crippen LogP contribution in [-0.4, -0.2) is 19.7 Å². The molecule has 0 spiro atoms. The summed E-state index contributed by atoms with van der Waals surface area (Å²) < 4.78 is 13.2. The molecule has 4 rings (SSSR count). The summed E-state index contributed by atoms with van der Waals surface area (Å²) in [4.78, 5) is 4.53. The van der Waals surface area contributed by atoms with Crippen molar-refractivity contribution in [1.29, 1.82) is 0 Å². The number of ether oxygens (including phenoxy) is 1. The van der Waals surface area contributed by atoms with Crippen LogP contribution in [0.4, 0.5) is 0 Å². The number of thioether (sulfide) groups is 1. The van der Waals surface area contributed by atoms with Crippen LogP contribution in [0.15, 0.2) is 70.4 Å². The van der Waals surface area contributed by atoms with Gasteiger partial charge < -0.3 is 13.7 Å². The van der Waals surface area contributed by atoms with E-state index in [1.807, 2.05) is 60.1 Å². The Labute approximate surface area is 171 Å². The maximum atomic E-state index is 6.11. The number of nitrogens with zero attached hydrogens (tertiary/aromatic N) is 4. The molecule has 6 nitrogen and oxygen atoms in total. The van der Waals surface area contributed by atoms with Crippen molar-refractivity contribution in [3.05, 3.63) is 77.4 Å². The molecule has 0 unspecified atom stereocenters. The van der Waals surface area contributed by atoms with Gasteiger partial charge in [0.05, 0.1) is 10.7 Å². The highest BCUT2D eigenvalue weighted by atomic mass is 35.5. The highest BCUT2D eigenvalue weighted by molar-refractivity contribution is 7.98. The third-order valence-electron chi connectivity index (χ3n) is 4.04. The van der Waals surface area contributed by atoms with E-state index in [1.54, 1.807) is 12.3 Å². The number of hydrogen-bond donors (Lipinski definition) is 0. The number of aromatic nitrogens is 4. The van der Waals surface area contributed by atoms with Gasteiger partial charge in [-0.1, -0.05) is 53.7 Å². The number of para-hydroxylation sites is 1. The maximum Gasteiger partial charge on any atom is 0.226 e. The van der Waals surface area contributed by atoms with E-state index in [-0.39, 0.29) is 6.61 Å². The molecular weight excluding hydrogens is 396 g/mol. The van der Waals surface area contributed by atoms with Crippen molar-refractivity contribution in [3.63, 3.8) is 0 Å². The van der Waals surface area contributed by atoms with Crippen molar-refractivity contribution in [1.82, 2.24) is 19.7 Å². The second kappa shape index (κ2) is 8.50. The fourth-order valence-corrected chi connectivity index (χ4v) is 3.52. The lowest BCUT2D eigenvalue weighted by atomic mass is 10.2. The summed E-state index contributed by atoms with van der Waals surface area (Å²) in [5, 5.41) is 9.79. The standard InChI is InChI=1S/C20H17ClN4O2S/c1-25-18(12-26-17-10-6-5-9-16(17)21)23-24-20(25)28-13-15-11-27-19(22-15)14-7-3-2-4-8-14/h2-11H,12-13H2,1H3. The number of hydrogen-bond acceptors (Lipinski definition) is 6. The van der Waals surface area contributed by atoms with Crippen LogP contribution < -0.4 is 4.74 Å². The summed E-state index contributed by atoms with van der Waals surface area (Å²) in [7, 11) is 1.91. The van der Waals surface area contributed by atoms with Crippen molar-refractivity contribution in [2.45, 2.75) is 17.5 Å². The predicted octanol–water partition coefficient (Wildman–Crippen LogP) is 4.99. The zero-order chi connectivity index (χ0) is 19.3. The summed E-state index contributed by atoms with van der Waals surface area (Å²) in [6, 6.07) is 17.2. The summed E-state index contributed by atoms with van der Waals surface area (Å²) >= 11 is 7.65. The summed E-state index contributed by atoms with van der Waals surface area (Å²) in [6.07, 6.45) is 1.67. The second-order valence-corrected chi connectivity index (χ2v) is 7.33. The molecule has 0 radical (unpaired) electrons. The Kier molecular flexibility index (Phi) is 5.64. The molecule has 0 saturated heterocycles. The molecule has 2 heterocycles. The van der Waals surface area contributed by atoms with Gasteiger partial charge in [0.2, 0.25) is 5.89 Å². The average molecular weight is 413 g/mol. The predicted molar refractivity (Wildman–Crippen MR) is 108 cm³/mol. The van der Waals surface area contributed by atoms with E-state index in [0.717, 1.165) is 16.4 Å². The topological polar surface area (TPSA) is 66.0 Å². The molecule has 0 amide bonds. The Balaban J connectivity index is 1.37. The molecule has 0 aliphatic carbocycles. The molecule has 0 bridgehead atoms. The number of halogens is 1. The lowest BCUT2D eigenvalue weighted by molar-refractivity contribution is 0.290. The van der Waals surface area contributed by atoms with Gasteiger partial charge in [0, 0.05) is 18.4 Å². The van der Waals surface area contributed by atoms with E-state index in [4.69, 9.17) is 20.8 Å². The minimum atomic E-state index is 0.288. The van der Waals surface area contributed by atoms with Gasteiger partial charge in [0.25, 0.3) is 0 Å². The smallest absolute Gasteiger partial charge is 0.226 e. The van der Waals surface area contributed by atoms with Gasteiger partial charge >= 0.3 is 0 Å². The van der Waals surface area contributed by atoms with E-state index >= 15 is 0 Å². The molecule has 0 atom stereocenters. The Morgan fingerprint density at radius 2 is 1.86 bits per heavy atom. The Hall–Kier alpha value is -2.77. The van der Waals surface area contributed by atoms with Crippen LogP contribution in [0.2, 0.25) is 5.02 Å². The van der Waals surface area contributed by atoms with Crippen LogP contribution in [0.3, 0.4) is 0 Å². The van der Waals surface area contributed by atoms with Gasteiger partial charge in [-0.25, -0.2) is 4.98 Å². The first kappa shape index (κ1) is 18.6. The molecule has 0 fully saturated rings. The zero-order valence-corrected chi connectivity index (χ0v) is 16.7. The fraction of sp³-hybridized carbons (Fsp3) is 0.150. The third kappa shape index (κ3) is 4.21. The van der Waals surface area contributed by atoms with Crippen LogP contribution >= 0.6 is 23.4 Å². The normalized spacial score (nSPS) is 10.9. The summed E-state index contributed by atoms with van der Waals surface area (Å²) in [5.41, 5.74) is 1.80. The molecule has 28 heavy (non-hydrogen) atoms. The Bertz CT molecular complexity index is 1070. The minimum Gasteiger partial charge on any atom is -0.484 e. The molecule has 0 N–H and O–H groups in total. The zero-order valence-electron chi connectivity index (χ0n) is 15.1. The SMILES string of the molecule is Cn1c(COc2ccccc2Cl)nnc1SCc1coc(-c2ccccc2)n1. The highest BCUT2D eigenvalue weighted by Crippen LogP contribution is 2.26. The Morgan fingerprint density at radius 1 is 1.07 bits per heavy atom. The molecular formula is C20H17ClN4O2S. The van der Waals surface area contributed by atoms with Crippen LogP contribution in [0.5, 0.6) is 5.75 Å². The molecule has 2 aromatic heterocycles. The van der Waals surface area contributed by atoms with E-state index in [2.05, 4.69) is 15.2 Å². The van der Waals surface area contributed by atoms with Crippen LogP contribution in [0.25, 0.3) is 11.5 Å². The molecule has 4 aromatic rings. The summed E-state index contributed by atoms with van der Waals surface area (Å²) in [5.74, 6) is 2.58. The quantitative estimate of drug-likeness (QED) is 0.398. The van der Waals surface area contributed by atoms with Crippen LogP contribution in [0.1, 0.15) is 11.5 Å². The van der Waals surface area contributed by atoms with Crippen LogP contribution in [0, 0.1) is 0 Å². The number of benzene rings is 2. The monoisotopic (exact) mass is 412 g/mol. The van der Waals surface area contributed by atoms with Crippen LogP contribution in [-0.2, 0) is 19.4 Å². The summed E-state index contributed by atoms with van der Waals surface area (Å²) in [6.45, 7) is 0.288. The third-order valence-corrected chi connectivity index (χ3v) is 5.41. The maximum absolute atomic E-state index is 6.11. The largest absolute Gasteiger partial charge is 0.484 e. The van der Waals surface area contributed by atoms with Gasteiger partial charge in [-0.15, -0.1) is 10.2 Å². The number of rotatable bonds is 7. The van der Waals surface area contributed by atoms with Gasteiger partial charge in [0.1, 0.15) is 18.6 Å². The molecule has 0 saturated carbocycles. The molecule has 0 aliphatic rings. The second-order valence-electron chi connectivity index (χ2n) is 5.98. The number of oxazole rings is 1. The lowest BCUT2D eigenvalue weighted by Gasteiger charge is -2.07. The molecule has 2 aromatic carbocycles. The van der Waals surface area contributed by atoms with E-state index in [0.29, 0.717) is 28.2 Å². The van der Waals surface area contributed by atoms with Crippen molar-refractivity contribution in [2.75, 3.05) is 0 Å². The first-order valence-electron chi connectivity index (χ1n) is 8.59. The minimum absolute atomic E-state index is 0.288. The van der Waals surface area contributed by atoms with Crippen molar-refractivity contribution in [3.8, 4) is 17.2 Å². The molecule has 142 valence electrons. The van der Waals surface area contributed by atoms with Crippen molar-refractivity contribution < 1.29 is 9.15 Å². The first-order valence-corrected chi connectivity index (χ1v) is 9.95. The van der Waals surface area contributed by atoms with Crippen molar-refractivity contribution >= 4 is 23.4 Å². The average Bonchev–Trinajstić information content (AvgIpc) is 3.33. The van der Waals surface area contributed by atoms with Gasteiger partial charge in [0.15, 0.2) is 11.0 Å². The molecule has 8 heteroatoms. The Morgan fingerprint density at radius 3 is 2.68 bits per heavy atom.